The molecule has 2 bridgehead atoms. The molecular formula is C26H35N3O4. The minimum Gasteiger partial charge on any atom is -0.444 e. The summed E-state index contributed by atoms with van der Waals surface area (Å²) in [5.41, 5.74) is 1.69. The lowest BCUT2D eigenvalue weighted by Gasteiger charge is -2.35. The number of amides is 2. The third-order valence-corrected chi connectivity index (χ3v) is 7.04. The van der Waals surface area contributed by atoms with Crippen molar-refractivity contribution in [2.24, 2.45) is 5.92 Å². The molecule has 1 saturated carbocycles. The number of carbonyl (C=O) groups is 2. The molecule has 0 radical (unpaired) electrons. The van der Waals surface area contributed by atoms with Gasteiger partial charge in [-0.15, -0.1) is 0 Å². The van der Waals surface area contributed by atoms with E-state index in [1.54, 1.807) is 4.90 Å². The Morgan fingerprint density at radius 1 is 1.18 bits per heavy atom. The highest BCUT2D eigenvalue weighted by atomic mass is 16.6. The van der Waals surface area contributed by atoms with Crippen molar-refractivity contribution in [2.75, 3.05) is 13.2 Å². The number of likely N-dealkylation sites (tertiary alicyclic amines) is 1. The number of nitrogens with one attached hydrogen (secondary N) is 1. The van der Waals surface area contributed by atoms with E-state index in [0.29, 0.717) is 12.3 Å². The molecule has 1 aromatic carbocycles. The van der Waals surface area contributed by atoms with Crippen molar-refractivity contribution >= 4 is 12.0 Å². The third kappa shape index (κ3) is 5.50. The average molecular weight is 454 g/mol. The number of piperidine rings is 1. The lowest BCUT2D eigenvalue weighted by Crippen LogP contribution is -2.55. The van der Waals surface area contributed by atoms with Crippen LogP contribution in [-0.2, 0) is 20.7 Å². The summed E-state index contributed by atoms with van der Waals surface area (Å²) < 4.78 is 11.0. The number of fused-ring (bicyclic) bond motifs is 2. The van der Waals surface area contributed by atoms with Gasteiger partial charge in [0, 0.05) is 25.7 Å². The first-order valence-corrected chi connectivity index (χ1v) is 12.1. The summed E-state index contributed by atoms with van der Waals surface area (Å²) in [6.45, 7) is 7.09. The summed E-state index contributed by atoms with van der Waals surface area (Å²) >= 11 is 0. The van der Waals surface area contributed by atoms with Gasteiger partial charge < -0.3 is 14.8 Å². The second kappa shape index (κ2) is 9.72. The zero-order chi connectivity index (χ0) is 23.6. The van der Waals surface area contributed by atoms with Crippen LogP contribution in [0, 0.1) is 17.2 Å². The molecule has 0 spiro atoms. The zero-order valence-corrected chi connectivity index (χ0v) is 19.9. The highest BCUT2D eigenvalue weighted by molar-refractivity contribution is 5.87. The van der Waals surface area contributed by atoms with Gasteiger partial charge in [0.15, 0.2) is 0 Å². The standard InChI is InChI=1S/C26H35N3O4/c1-26(2,3)33-25(31)29-22-9-8-20(15-22)23(29)24(30)28-21(16-27)14-17-4-6-18(7-5-17)19-10-12-32-13-11-19/h4-7,19-23H,8-15H2,1-3H3,(H,28,30)/t20-,21-,22+,23-/m0/s1. The Kier molecular flexibility index (Phi) is 6.94. The van der Waals surface area contributed by atoms with Gasteiger partial charge in [-0.1, -0.05) is 24.3 Å². The van der Waals surface area contributed by atoms with Gasteiger partial charge in [-0.3, -0.25) is 9.69 Å². The second-order valence-electron chi connectivity index (χ2n) is 10.6. The predicted molar refractivity (Wildman–Crippen MR) is 123 cm³/mol. The fourth-order valence-corrected chi connectivity index (χ4v) is 5.48. The highest BCUT2D eigenvalue weighted by Gasteiger charge is 2.52. The lowest BCUT2D eigenvalue weighted by molar-refractivity contribution is -0.128. The van der Waals surface area contributed by atoms with Gasteiger partial charge in [0.1, 0.15) is 17.7 Å². The SMILES string of the molecule is CC(C)(C)OC(=O)N1[C@@H]2CC[C@@H](C2)[C@H]1C(=O)N[C@H](C#N)Cc1ccc(C2CCOCC2)cc1. The van der Waals surface area contributed by atoms with Gasteiger partial charge in [-0.2, -0.15) is 5.26 Å². The Morgan fingerprint density at radius 2 is 1.88 bits per heavy atom. The van der Waals surface area contributed by atoms with Crippen molar-refractivity contribution < 1.29 is 19.1 Å². The minimum atomic E-state index is -0.647. The molecule has 1 aliphatic carbocycles. The van der Waals surface area contributed by atoms with Crippen LogP contribution in [0.5, 0.6) is 0 Å². The van der Waals surface area contributed by atoms with Crippen LogP contribution in [0.2, 0.25) is 0 Å². The van der Waals surface area contributed by atoms with Gasteiger partial charge in [-0.05, 0) is 75.8 Å². The molecule has 7 nitrogen and oxygen atoms in total. The van der Waals surface area contributed by atoms with Crippen LogP contribution in [0.3, 0.4) is 0 Å². The largest absolute Gasteiger partial charge is 0.444 e. The summed E-state index contributed by atoms with van der Waals surface area (Å²) in [6, 6.07) is 9.40. The average Bonchev–Trinajstić information content (AvgIpc) is 3.40. The van der Waals surface area contributed by atoms with Crippen molar-refractivity contribution in [1.82, 2.24) is 10.2 Å². The van der Waals surface area contributed by atoms with E-state index in [1.165, 1.54) is 5.56 Å². The van der Waals surface area contributed by atoms with Crippen molar-refractivity contribution in [3.8, 4) is 6.07 Å². The number of nitriles is 1. The fraction of sp³-hybridized carbons (Fsp3) is 0.654. The maximum absolute atomic E-state index is 13.2. The molecule has 4 rings (SSSR count). The van der Waals surface area contributed by atoms with E-state index in [9.17, 15) is 14.9 Å². The maximum atomic E-state index is 13.2. The second-order valence-corrected chi connectivity index (χ2v) is 10.6. The van der Waals surface area contributed by atoms with Crippen LogP contribution in [0.1, 0.15) is 69.9 Å². The lowest BCUT2D eigenvalue weighted by atomic mass is 9.90. The topological polar surface area (TPSA) is 91.7 Å². The summed E-state index contributed by atoms with van der Waals surface area (Å²) in [4.78, 5) is 27.7. The van der Waals surface area contributed by atoms with E-state index in [4.69, 9.17) is 9.47 Å². The van der Waals surface area contributed by atoms with Crippen LogP contribution >= 0.6 is 0 Å². The van der Waals surface area contributed by atoms with Crippen LogP contribution in [0.4, 0.5) is 4.79 Å². The Hall–Kier alpha value is -2.59. The molecule has 178 valence electrons. The molecule has 3 fully saturated rings. The van der Waals surface area contributed by atoms with E-state index >= 15 is 0 Å². The molecule has 0 unspecified atom stereocenters. The molecule has 2 amide bonds. The van der Waals surface area contributed by atoms with Crippen LogP contribution in [0.25, 0.3) is 0 Å². The molecule has 0 aromatic heterocycles. The van der Waals surface area contributed by atoms with E-state index in [0.717, 1.165) is 50.9 Å². The van der Waals surface area contributed by atoms with Gasteiger partial charge in [0.05, 0.1) is 6.07 Å². The third-order valence-electron chi connectivity index (χ3n) is 7.04. The van der Waals surface area contributed by atoms with E-state index in [2.05, 4.69) is 23.5 Å². The Bertz CT molecular complexity index is 896. The van der Waals surface area contributed by atoms with Crippen LogP contribution < -0.4 is 5.32 Å². The van der Waals surface area contributed by atoms with Crippen molar-refractivity contribution in [1.29, 1.82) is 5.26 Å². The molecule has 2 aliphatic heterocycles. The highest BCUT2D eigenvalue weighted by Crippen LogP contribution is 2.43. The number of nitrogens with zero attached hydrogens (tertiary/aromatic N) is 2. The number of ether oxygens (including phenoxy) is 2. The Balaban J connectivity index is 1.39. The first kappa shape index (κ1) is 23.6. The monoisotopic (exact) mass is 453 g/mol. The summed E-state index contributed by atoms with van der Waals surface area (Å²) in [7, 11) is 0. The molecule has 7 heteroatoms. The summed E-state index contributed by atoms with van der Waals surface area (Å²) in [5, 5.41) is 12.6. The quantitative estimate of drug-likeness (QED) is 0.730. The van der Waals surface area contributed by atoms with Gasteiger partial charge in [-0.25, -0.2) is 4.79 Å². The number of hydrogen-bond donors (Lipinski definition) is 1. The molecule has 1 aromatic rings. The summed E-state index contributed by atoms with van der Waals surface area (Å²) in [6.07, 6.45) is 4.71. The van der Waals surface area contributed by atoms with Gasteiger partial charge in [0.25, 0.3) is 0 Å². The summed E-state index contributed by atoms with van der Waals surface area (Å²) in [5.74, 6) is 0.398. The molecule has 33 heavy (non-hydrogen) atoms. The molecule has 2 heterocycles. The molecule has 1 N–H and O–H groups in total. The molecular weight excluding hydrogens is 418 g/mol. The maximum Gasteiger partial charge on any atom is 0.411 e. The van der Waals surface area contributed by atoms with Crippen molar-refractivity contribution in [2.45, 2.75) is 88.9 Å². The van der Waals surface area contributed by atoms with Gasteiger partial charge in [0.2, 0.25) is 5.91 Å². The van der Waals surface area contributed by atoms with Crippen LogP contribution in [-0.4, -0.2) is 53.8 Å². The number of benzene rings is 1. The fourth-order valence-electron chi connectivity index (χ4n) is 5.48. The molecule has 4 atom stereocenters. The zero-order valence-electron chi connectivity index (χ0n) is 19.9. The Labute approximate surface area is 196 Å². The molecule has 3 aliphatic rings. The van der Waals surface area contributed by atoms with E-state index in [1.807, 2.05) is 32.9 Å². The van der Waals surface area contributed by atoms with E-state index in [-0.39, 0.29) is 17.9 Å². The first-order valence-electron chi connectivity index (χ1n) is 12.1. The van der Waals surface area contributed by atoms with Crippen molar-refractivity contribution in [3.63, 3.8) is 0 Å². The number of carbonyl (C=O) groups excluding carboxylic acids is 2. The smallest absolute Gasteiger partial charge is 0.411 e. The van der Waals surface area contributed by atoms with Gasteiger partial charge >= 0.3 is 6.09 Å². The number of rotatable bonds is 5. The van der Waals surface area contributed by atoms with Crippen LogP contribution in [0.15, 0.2) is 24.3 Å². The number of hydrogen-bond acceptors (Lipinski definition) is 5. The predicted octanol–water partition coefficient (Wildman–Crippen LogP) is 3.92. The normalized spacial score (nSPS) is 26.0. The van der Waals surface area contributed by atoms with Crippen molar-refractivity contribution in [3.05, 3.63) is 35.4 Å². The first-order chi connectivity index (χ1) is 15.7. The Morgan fingerprint density at radius 3 is 2.52 bits per heavy atom. The minimum absolute atomic E-state index is 0.0406. The molecule has 2 saturated heterocycles. The van der Waals surface area contributed by atoms with E-state index < -0.39 is 23.8 Å².